The molecule has 0 radical (unpaired) electrons. The number of nitrogens with zero attached hydrogens (tertiary/aromatic N) is 8. The summed E-state index contributed by atoms with van der Waals surface area (Å²) >= 11 is 0. The van der Waals surface area contributed by atoms with E-state index in [0.29, 0.717) is 66.4 Å². The molecule has 5 fully saturated rings. The summed E-state index contributed by atoms with van der Waals surface area (Å²) in [6.45, 7) is 6.52. The van der Waals surface area contributed by atoms with Gasteiger partial charge in [0.25, 0.3) is 0 Å². The van der Waals surface area contributed by atoms with E-state index in [1.54, 1.807) is 12.1 Å². The van der Waals surface area contributed by atoms with Gasteiger partial charge in [0.1, 0.15) is 5.75 Å². The molecule has 1 saturated carbocycles. The third-order valence-electron chi connectivity index (χ3n) is 11.7. The van der Waals surface area contributed by atoms with Crippen molar-refractivity contribution in [3.8, 4) is 17.0 Å². The molecule has 1 aromatic carbocycles. The van der Waals surface area contributed by atoms with Crippen LogP contribution >= 0.6 is 0 Å². The molecular weight excluding hydrogens is 606 g/mol. The number of piperazine rings is 2. The van der Waals surface area contributed by atoms with Crippen molar-refractivity contribution in [3.05, 3.63) is 48.3 Å². The minimum atomic E-state index is -0.0839. The lowest BCUT2D eigenvalue weighted by molar-refractivity contribution is -0.146. The van der Waals surface area contributed by atoms with Gasteiger partial charge in [0, 0.05) is 74.3 Å². The minimum absolute atomic E-state index is 0.0839. The van der Waals surface area contributed by atoms with Gasteiger partial charge < -0.3 is 25.4 Å². The van der Waals surface area contributed by atoms with E-state index < -0.39 is 0 Å². The molecule has 48 heavy (non-hydrogen) atoms. The average molecular weight is 654 g/mol. The monoisotopic (exact) mass is 653 g/mol. The first-order chi connectivity index (χ1) is 23.4. The number of aromatic hydroxyl groups is 1. The number of rotatable bonds is 8. The van der Waals surface area contributed by atoms with Crippen LogP contribution in [0.25, 0.3) is 11.3 Å². The van der Waals surface area contributed by atoms with Crippen molar-refractivity contribution in [3.63, 3.8) is 0 Å². The van der Waals surface area contributed by atoms with Crippen LogP contribution in [-0.4, -0.2) is 111 Å². The van der Waals surface area contributed by atoms with Crippen LogP contribution in [0.15, 0.2) is 42.7 Å². The molecule has 2 aromatic heterocycles. The topological polar surface area (TPSA) is 137 Å². The highest BCUT2D eigenvalue weighted by atomic mass is 16.5. The quantitative estimate of drug-likeness (QED) is 0.342. The number of anilines is 3. The number of hydrogen-bond acceptors (Lipinski definition) is 12. The summed E-state index contributed by atoms with van der Waals surface area (Å²) in [6.07, 6.45) is 13.4. The molecule has 0 spiro atoms. The van der Waals surface area contributed by atoms with Gasteiger partial charge in [0.15, 0.2) is 5.82 Å². The molecule has 12 nitrogen and oxygen atoms in total. The van der Waals surface area contributed by atoms with E-state index in [0.717, 1.165) is 50.7 Å². The van der Waals surface area contributed by atoms with Crippen molar-refractivity contribution in [1.29, 1.82) is 0 Å². The van der Waals surface area contributed by atoms with Crippen molar-refractivity contribution >= 4 is 23.4 Å². The van der Waals surface area contributed by atoms with Gasteiger partial charge in [-0.2, -0.15) is 0 Å². The predicted molar refractivity (Wildman–Crippen MR) is 184 cm³/mol. The molecule has 3 N–H and O–H groups in total. The fraction of sp³-hybridized carbons (Fsp3) is 0.583. The SMILES string of the molecule is CCOC(=O)CN1C2CCC1CN(C1CCC(c3cnc(N4[C@H]5CC[C@H]4CN(c4cc(-c6ccccc6O)nnc4N)C5)nc3)CC1)C2. The molecule has 4 bridgehead atoms. The first-order valence-electron chi connectivity index (χ1n) is 17.9. The van der Waals surface area contributed by atoms with Gasteiger partial charge in [0.05, 0.1) is 24.5 Å². The Morgan fingerprint density at radius 2 is 1.52 bits per heavy atom. The Hall–Kier alpha value is -4.03. The summed E-state index contributed by atoms with van der Waals surface area (Å²) in [5.41, 5.74) is 9.72. The van der Waals surface area contributed by atoms with Gasteiger partial charge in [0.2, 0.25) is 5.95 Å². The summed E-state index contributed by atoms with van der Waals surface area (Å²) in [4.78, 5) is 31.9. The second-order valence-corrected chi connectivity index (χ2v) is 14.4. The second-order valence-electron chi connectivity index (χ2n) is 14.4. The lowest BCUT2D eigenvalue weighted by Gasteiger charge is -2.45. The van der Waals surface area contributed by atoms with Crippen LogP contribution in [0.5, 0.6) is 5.75 Å². The predicted octanol–water partition coefficient (Wildman–Crippen LogP) is 3.82. The number of phenolic OH excluding ortho intramolecular Hbond substituents is 1. The van der Waals surface area contributed by atoms with E-state index >= 15 is 0 Å². The highest BCUT2D eigenvalue weighted by molar-refractivity contribution is 5.74. The van der Waals surface area contributed by atoms with Gasteiger partial charge in [-0.1, -0.05) is 12.1 Å². The van der Waals surface area contributed by atoms with Gasteiger partial charge >= 0.3 is 5.97 Å². The Balaban J connectivity index is 0.873. The Labute approximate surface area is 282 Å². The number of carbonyl (C=O) groups is 1. The summed E-state index contributed by atoms with van der Waals surface area (Å²) in [5.74, 6) is 1.83. The summed E-state index contributed by atoms with van der Waals surface area (Å²) < 4.78 is 5.24. The van der Waals surface area contributed by atoms with Crippen molar-refractivity contribution in [2.24, 2.45) is 0 Å². The fourth-order valence-electron chi connectivity index (χ4n) is 9.28. The van der Waals surface area contributed by atoms with Crippen molar-refractivity contribution < 1.29 is 14.6 Å². The normalized spacial score (nSPS) is 28.9. The van der Waals surface area contributed by atoms with E-state index in [9.17, 15) is 9.90 Å². The zero-order chi connectivity index (χ0) is 32.8. The van der Waals surface area contributed by atoms with Crippen LogP contribution in [0.4, 0.5) is 17.5 Å². The Morgan fingerprint density at radius 3 is 2.19 bits per heavy atom. The summed E-state index contributed by atoms with van der Waals surface area (Å²) in [5, 5.41) is 18.9. The van der Waals surface area contributed by atoms with E-state index in [2.05, 4.69) is 42.2 Å². The largest absolute Gasteiger partial charge is 0.507 e. The number of benzene rings is 1. The minimum Gasteiger partial charge on any atom is -0.507 e. The first kappa shape index (κ1) is 31.3. The Morgan fingerprint density at radius 1 is 0.875 bits per heavy atom. The van der Waals surface area contributed by atoms with Crippen molar-refractivity contribution in [2.75, 3.05) is 54.9 Å². The van der Waals surface area contributed by atoms with Crippen LogP contribution in [-0.2, 0) is 9.53 Å². The molecule has 3 aromatic rings. The third kappa shape index (κ3) is 5.93. The highest BCUT2D eigenvalue weighted by Gasteiger charge is 2.44. The summed E-state index contributed by atoms with van der Waals surface area (Å²) in [7, 11) is 0. The zero-order valence-electron chi connectivity index (χ0n) is 27.8. The molecule has 12 heteroatoms. The fourth-order valence-corrected chi connectivity index (χ4v) is 9.28. The number of fused-ring (bicyclic) bond motifs is 4. The number of carbonyl (C=O) groups excluding carboxylic acids is 1. The van der Waals surface area contributed by atoms with E-state index in [4.69, 9.17) is 20.4 Å². The molecule has 1 aliphatic carbocycles. The number of aromatic nitrogens is 4. The molecule has 4 saturated heterocycles. The maximum absolute atomic E-state index is 12.2. The number of nitrogens with two attached hydrogens (primary N) is 1. The van der Waals surface area contributed by atoms with E-state index in [1.807, 2.05) is 25.1 Å². The van der Waals surface area contributed by atoms with Gasteiger partial charge in [-0.25, -0.2) is 9.97 Å². The number of ether oxygens (including phenoxy) is 1. The first-order valence-corrected chi connectivity index (χ1v) is 17.9. The molecule has 6 heterocycles. The molecular formula is C36H47N9O3. The second kappa shape index (κ2) is 13.1. The zero-order valence-corrected chi connectivity index (χ0v) is 27.8. The molecule has 5 aliphatic rings. The molecule has 2 unspecified atom stereocenters. The van der Waals surface area contributed by atoms with Gasteiger partial charge in [-0.05, 0) is 88.0 Å². The lowest BCUT2D eigenvalue weighted by Crippen LogP contribution is -2.57. The summed E-state index contributed by atoms with van der Waals surface area (Å²) in [6, 6.07) is 11.3. The van der Waals surface area contributed by atoms with Gasteiger partial charge in [-0.15, -0.1) is 10.2 Å². The average Bonchev–Trinajstić information content (AvgIpc) is 3.49. The van der Waals surface area contributed by atoms with Crippen LogP contribution in [0, 0.1) is 0 Å². The Bertz CT molecular complexity index is 1590. The lowest BCUT2D eigenvalue weighted by atomic mass is 9.82. The number of phenols is 1. The molecule has 0 amide bonds. The number of likely N-dealkylation sites (tertiary alicyclic amines) is 1. The van der Waals surface area contributed by atoms with Crippen LogP contribution in [0.1, 0.15) is 69.8 Å². The highest BCUT2D eigenvalue weighted by Crippen LogP contribution is 2.40. The van der Waals surface area contributed by atoms with Crippen LogP contribution in [0.2, 0.25) is 0 Å². The number of nitrogen functional groups attached to an aromatic ring is 1. The number of esters is 1. The molecule has 254 valence electrons. The maximum Gasteiger partial charge on any atom is 0.320 e. The standard InChI is InChI=1S/C36H47N9O3/c1-2-48-34(47)22-44-26-11-12-27(44)19-42(18-26)25-9-7-23(8-10-25)24-16-38-36(39-17-24)45-28-13-14-29(45)21-43(20-28)32-15-31(40-41-35(32)37)30-5-3-4-6-33(30)46/h3-6,15-17,23,25-29,46H,2,7-14,18-22H2,1H3,(H2,37,41)/t23?,25?,26?,27?,28-,29-/m0/s1. The van der Waals surface area contributed by atoms with Crippen molar-refractivity contribution in [1.82, 2.24) is 30.0 Å². The van der Waals surface area contributed by atoms with E-state index in [-0.39, 0.29) is 11.7 Å². The van der Waals surface area contributed by atoms with E-state index in [1.165, 1.54) is 44.1 Å². The smallest absolute Gasteiger partial charge is 0.320 e. The Kier molecular flexibility index (Phi) is 8.54. The molecule has 8 rings (SSSR count). The molecule has 4 atom stereocenters. The van der Waals surface area contributed by atoms with Gasteiger partial charge in [-0.3, -0.25) is 14.6 Å². The number of para-hydroxylation sites is 1. The van der Waals surface area contributed by atoms with Crippen LogP contribution in [0.3, 0.4) is 0 Å². The molecule has 4 aliphatic heterocycles. The van der Waals surface area contributed by atoms with Crippen LogP contribution < -0.4 is 15.5 Å². The van der Waals surface area contributed by atoms with Crippen molar-refractivity contribution in [2.45, 2.75) is 94.4 Å². The third-order valence-corrected chi connectivity index (χ3v) is 11.7. The maximum atomic E-state index is 12.2. The number of hydrogen-bond donors (Lipinski definition) is 2.